The van der Waals surface area contributed by atoms with E-state index in [1.54, 1.807) is 6.92 Å². The molecular weight excluding hydrogens is 228 g/mol. The van der Waals surface area contributed by atoms with Crippen LogP contribution in [0, 0.1) is 0 Å². The van der Waals surface area contributed by atoms with E-state index in [1.165, 1.54) is 7.11 Å². The van der Waals surface area contributed by atoms with Gasteiger partial charge < -0.3 is 15.0 Å². The molecule has 0 aliphatic carbocycles. The lowest BCUT2D eigenvalue weighted by molar-refractivity contribution is -0.124. The molecule has 0 aromatic heterocycles. The molecule has 1 rings (SSSR count). The van der Waals surface area contributed by atoms with E-state index in [0.29, 0.717) is 0 Å². The number of carbonyl (C=O) groups is 1. The Balaban J connectivity index is 2.68. The zero-order chi connectivity index (χ0) is 13.5. The summed E-state index contributed by atoms with van der Waals surface area (Å²) in [5.74, 6) is -0.131. The van der Waals surface area contributed by atoms with Crippen LogP contribution in [0.3, 0.4) is 0 Å². The van der Waals surface area contributed by atoms with Gasteiger partial charge in [0.05, 0.1) is 0 Å². The van der Waals surface area contributed by atoms with E-state index in [-0.39, 0.29) is 5.91 Å². The van der Waals surface area contributed by atoms with Crippen LogP contribution >= 0.6 is 0 Å². The van der Waals surface area contributed by atoms with Crippen LogP contribution in [0.5, 0.6) is 0 Å². The van der Waals surface area contributed by atoms with Crippen LogP contribution < -0.4 is 10.2 Å². The van der Waals surface area contributed by atoms with Crippen molar-refractivity contribution < 1.29 is 9.53 Å². The monoisotopic (exact) mass is 250 g/mol. The first-order valence-corrected chi connectivity index (χ1v) is 6.31. The molecule has 0 aliphatic rings. The second-order valence-corrected chi connectivity index (χ2v) is 4.09. The van der Waals surface area contributed by atoms with Crippen LogP contribution in [0.25, 0.3) is 0 Å². The van der Waals surface area contributed by atoms with Gasteiger partial charge in [-0.05, 0) is 45.0 Å². The van der Waals surface area contributed by atoms with Crippen molar-refractivity contribution in [3.63, 3.8) is 0 Å². The third-order valence-electron chi connectivity index (χ3n) is 2.99. The fourth-order valence-electron chi connectivity index (χ4n) is 1.70. The number of benzene rings is 1. The Bertz CT molecular complexity index is 372. The van der Waals surface area contributed by atoms with E-state index in [1.807, 2.05) is 24.3 Å². The predicted molar refractivity (Wildman–Crippen MR) is 75.1 cm³/mol. The lowest BCUT2D eigenvalue weighted by Crippen LogP contribution is -2.26. The Labute approximate surface area is 109 Å². The van der Waals surface area contributed by atoms with E-state index < -0.39 is 6.10 Å². The van der Waals surface area contributed by atoms with Gasteiger partial charge in [0, 0.05) is 31.6 Å². The van der Waals surface area contributed by atoms with Gasteiger partial charge in [0.1, 0.15) is 6.10 Å². The zero-order valence-electron chi connectivity index (χ0n) is 11.6. The number of amides is 1. The molecule has 0 saturated heterocycles. The molecule has 0 heterocycles. The smallest absolute Gasteiger partial charge is 0.253 e. The molecule has 4 nitrogen and oxygen atoms in total. The lowest BCUT2D eigenvalue weighted by atomic mass is 10.2. The molecule has 4 heteroatoms. The molecule has 18 heavy (non-hydrogen) atoms. The molecule has 100 valence electrons. The molecule has 0 saturated carbocycles. The number of anilines is 2. The van der Waals surface area contributed by atoms with Gasteiger partial charge in [-0.25, -0.2) is 0 Å². The van der Waals surface area contributed by atoms with Crippen molar-refractivity contribution in [1.82, 2.24) is 0 Å². The third-order valence-corrected chi connectivity index (χ3v) is 2.99. The molecule has 0 fully saturated rings. The van der Waals surface area contributed by atoms with Gasteiger partial charge in [0.15, 0.2) is 0 Å². The van der Waals surface area contributed by atoms with E-state index >= 15 is 0 Å². The first-order valence-electron chi connectivity index (χ1n) is 6.31. The summed E-state index contributed by atoms with van der Waals surface area (Å²) in [7, 11) is 1.52. The maximum atomic E-state index is 11.6. The first kappa shape index (κ1) is 14.5. The van der Waals surface area contributed by atoms with Crippen LogP contribution in [-0.2, 0) is 9.53 Å². The predicted octanol–water partition coefficient (Wildman–Crippen LogP) is 2.51. The van der Waals surface area contributed by atoms with Crippen molar-refractivity contribution in [1.29, 1.82) is 0 Å². The minimum Gasteiger partial charge on any atom is -0.372 e. The Morgan fingerprint density at radius 1 is 1.28 bits per heavy atom. The van der Waals surface area contributed by atoms with Crippen molar-refractivity contribution in [2.75, 3.05) is 30.4 Å². The van der Waals surface area contributed by atoms with Crippen molar-refractivity contribution >= 4 is 17.3 Å². The highest BCUT2D eigenvalue weighted by Gasteiger charge is 2.11. The van der Waals surface area contributed by atoms with Crippen molar-refractivity contribution in [2.45, 2.75) is 26.9 Å². The number of hydrogen-bond donors (Lipinski definition) is 1. The van der Waals surface area contributed by atoms with Gasteiger partial charge in [0.25, 0.3) is 5.91 Å². The van der Waals surface area contributed by atoms with Gasteiger partial charge in [-0.3, -0.25) is 4.79 Å². The number of hydrogen-bond acceptors (Lipinski definition) is 3. The molecule has 0 spiro atoms. The molecule has 1 aromatic rings. The topological polar surface area (TPSA) is 41.6 Å². The normalized spacial score (nSPS) is 12.0. The van der Waals surface area contributed by atoms with Crippen LogP contribution in [0.1, 0.15) is 20.8 Å². The summed E-state index contributed by atoms with van der Waals surface area (Å²) in [6, 6.07) is 7.85. The van der Waals surface area contributed by atoms with Crippen LogP contribution in [-0.4, -0.2) is 32.2 Å². The molecule has 0 aliphatic heterocycles. The first-order chi connectivity index (χ1) is 8.62. The van der Waals surface area contributed by atoms with Gasteiger partial charge in [-0.1, -0.05) is 0 Å². The summed E-state index contributed by atoms with van der Waals surface area (Å²) >= 11 is 0. The summed E-state index contributed by atoms with van der Waals surface area (Å²) in [4.78, 5) is 13.9. The summed E-state index contributed by atoms with van der Waals surface area (Å²) in [6.07, 6.45) is -0.438. The van der Waals surface area contributed by atoms with Crippen molar-refractivity contribution in [3.8, 4) is 0 Å². The van der Waals surface area contributed by atoms with Gasteiger partial charge in [0.2, 0.25) is 0 Å². The second-order valence-electron chi connectivity index (χ2n) is 4.09. The average molecular weight is 250 g/mol. The highest BCUT2D eigenvalue weighted by Crippen LogP contribution is 2.17. The Morgan fingerprint density at radius 3 is 2.28 bits per heavy atom. The number of methoxy groups -OCH3 is 1. The zero-order valence-corrected chi connectivity index (χ0v) is 11.6. The molecule has 1 N–H and O–H groups in total. The average Bonchev–Trinajstić information content (AvgIpc) is 2.41. The standard InChI is InChI=1S/C14H22N2O2/c1-5-16(6-2)13-9-7-12(8-10-13)15-14(17)11(3)18-4/h7-11H,5-6H2,1-4H3,(H,15,17). The second kappa shape index (κ2) is 7.01. The van der Waals surface area contributed by atoms with E-state index in [4.69, 9.17) is 4.74 Å². The van der Waals surface area contributed by atoms with Gasteiger partial charge in [-0.2, -0.15) is 0 Å². The largest absolute Gasteiger partial charge is 0.372 e. The minimum atomic E-state index is -0.438. The fourth-order valence-corrected chi connectivity index (χ4v) is 1.70. The highest BCUT2D eigenvalue weighted by molar-refractivity contribution is 5.94. The number of ether oxygens (including phenoxy) is 1. The Morgan fingerprint density at radius 2 is 1.83 bits per heavy atom. The maximum absolute atomic E-state index is 11.6. The molecule has 1 amide bonds. The Hall–Kier alpha value is -1.55. The molecule has 1 unspecified atom stereocenters. The van der Waals surface area contributed by atoms with Crippen LogP contribution in [0.15, 0.2) is 24.3 Å². The van der Waals surface area contributed by atoms with Gasteiger partial charge in [-0.15, -0.1) is 0 Å². The summed E-state index contributed by atoms with van der Waals surface area (Å²) in [5, 5.41) is 2.81. The van der Waals surface area contributed by atoms with Gasteiger partial charge >= 0.3 is 0 Å². The molecule has 0 radical (unpaired) electrons. The number of nitrogens with one attached hydrogen (secondary N) is 1. The van der Waals surface area contributed by atoms with E-state index in [9.17, 15) is 4.79 Å². The van der Waals surface area contributed by atoms with E-state index in [0.717, 1.165) is 24.5 Å². The maximum Gasteiger partial charge on any atom is 0.253 e. The molecule has 1 atom stereocenters. The van der Waals surface area contributed by atoms with Crippen molar-refractivity contribution in [3.05, 3.63) is 24.3 Å². The van der Waals surface area contributed by atoms with E-state index in [2.05, 4.69) is 24.1 Å². The third kappa shape index (κ3) is 3.74. The summed E-state index contributed by atoms with van der Waals surface area (Å²) < 4.78 is 4.96. The minimum absolute atomic E-state index is 0.131. The molecule has 1 aromatic carbocycles. The van der Waals surface area contributed by atoms with Crippen LogP contribution in [0.4, 0.5) is 11.4 Å². The molecule has 0 bridgehead atoms. The summed E-state index contributed by atoms with van der Waals surface area (Å²) in [6.45, 7) is 7.92. The Kier molecular flexibility index (Phi) is 5.65. The van der Waals surface area contributed by atoms with Crippen LogP contribution in [0.2, 0.25) is 0 Å². The molecular formula is C14H22N2O2. The fraction of sp³-hybridized carbons (Fsp3) is 0.500. The number of carbonyl (C=O) groups excluding carboxylic acids is 1. The summed E-state index contributed by atoms with van der Waals surface area (Å²) in [5.41, 5.74) is 1.96. The lowest BCUT2D eigenvalue weighted by Gasteiger charge is -2.21. The quantitative estimate of drug-likeness (QED) is 0.843. The number of rotatable bonds is 6. The highest BCUT2D eigenvalue weighted by atomic mass is 16.5. The number of nitrogens with zero attached hydrogens (tertiary/aromatic N) is 1. The SMILES string of the molecule is CCN(CC)c1ccc(NC(=O)C(C)OC)cc1. The van der Waals surface area contributed by atoms with Crippen molar-refractivity contribution in [2.24, 2.45) is 0 Å².